The number of aryl methyl sites for hydroxylation is 1. The van der Waals surface area contributed by atoms with Crippen LogP contribution in [-0.4, -0.2) is 33.5 Å². The summed E-state index contributed by atoms with van der Waals surface area (Å²) in [6, 6.07) is 4.82. The molecule has 0 saturated carbocycles. The van der Waals surface area contributed by atoms with Crippen LogP contribution in [-0.2, 0) is 24.6 Å². The molecule has 24 heavy (non-hydrogen) atoms. The fourth-order valence-electron chi connectivity index (χ4n) is 2.19. The van der Waals surface area contributed by atoms with Gasteiger partial charge in [0.2, 0.25) is 0 Å². The van der Waals surface area contributed by atoms with Gasteiger partial charge in [-0.3, -0.25) is 4.79 Å². The largest absolute Gasteiger partial charge is 0.480 e. The predicted molar refractivity (Wildman–Crippen MR) is 81.2 cm³/mol. The number of aromatic nitrogens is 2. The standard InChI is InChI=1S/C16H18F3N3O2/c1-11(15(23)22(3)10-14-20-8-9-21(14)2)24-13-7-5-4-6-12(13)16(17,18)19/h4-9,11H,10H2,1-3H3. The zero-order valence-corrected chi connectivity index (χ0v) is 13.5. The van der Waals surface area contributed by atoms with Gasteiger partial charge in [-0.05, 0) is 19.1 Å². The number of benzene rings is 1. The average molecular weight is 341 g/mol. The lowest BCUT2D eigenvalue weighted by Crippen LogP contribution is -2.38. The first-order valence-corrected chi connectivity index (χ1v) is 7.24. The van der Waals surface area contributed by atoms with Crippen molar-refractivity contribution in [3.63, 3.8) is 0 Å². The van der Waals surface area contributed by atoms with Crippen LogP contribution in [0.4, 0.5) is 13.2 Å². The summed E-state index contributed by atoms with van der Waals surface area (Å²) in [7, 11) is 3.34. The van der Waals surface area contributed by atoms with Gasteiger partial charge in [0, 0.05) is 26.5 Å². The Balaban J connectivity index is 2.08. The van der Waals surface area contributed by atoms with Crippen molar-refractivity contribution in [3.8, 4) is 5.75 Å². The highest BCUT2D eigenvalue weighted by Gasteiger charge is 2.35. The molecular formula is C16H18F3N3O2. The maximum atomic E-state index is 13.0. The summed E-state index contributed by atoms with van der Waals surface area (Å²) in [4.78, 5) is 17.8. The van der Waals surface area contributed by atoms with Crippen LogP contribution < -0.4 is 4.74 Å². The number of ether oxygens (including phenoxy) is 1. The van der Waals surface area contributed by atoms with E-state index in [-0.39, 0.29) is 12.3 Å². The summed E-state index contributed by atoms with van der Waals surface area (Å²) in [6.07, 6.45) is -2.25. The van der Waals surface area contributed by atoms with Crippen LogP contribution >= 0.6 is 0 Å². The Kier molecular flexibility index (Phi) is 5.16. The van der Waals surface area contributed by atoms with Crippen LogP contribution in [0.1, 0.15) is 18.3 Å². The van der Waals surface area contributed by atoms with Crippen molar-refractivity contribution >= 4 is 5.91 Å². The molecule has 1 atom stereocenters. The van der Waals surface area contributed by atoms with Crippen molar-refractivity contribution in [2.75, 3.05) is 7.05 Å². The van der Waals surface area contributed by atoms with E-state index in [1.165, 1.54) is 30.0 Å². The predicted octanol–water partition coefficient (Wildman–Crippen LogP) is 2.86. The first kappa shape index (κ1) is 17.8. The van der Waals surface area contributed by atoms with Crippen LogP contribution in [0, 0.1) is 0 Å². The summed E-state index contributed by atoms with van der Waals surface area (Å²) in [6.45, 7) is 1.65. The maximum absolute atomic E-state index is 13.0. The second-order valence-electron chi connectivity index (χ2n) is 5.40. The molecule has 0 spiro atoms. The molecule has 8 heteroatoms. The monoisotopic (exact) mass is 341 g/mol. The van der Waals surface area contributed by atoms with Crippen molar-refractivity contribution in [3.05, 3.63) is 48.0 Å². The van der Waals surface area contributed by atoms with Crippen molar-refractivity contribution in [1.29, 1.82) is 0 Å². The van der Waals surface area contributed by atoms with E-state index >= 15 is 0 Å². The van der Waals surface area contributed by atoms with Gasteiger partial charge in [0.1, 0.15) is 11.6 Å². The molecule has 0 aliphatic carbocycles. The fraction of sp³-hybridized carbons (Fsp3) is 0.375. The van der Waals surface area contributed by atoms with Gasteiger partial charge in [-0.25, -0.2) is 4.98 Å². The summed E-state index contributed by atoms with van der Waals surface area (Å²) >= 11 is 0. The fourth-order valence-corrected chi connectivity index (χ4v) is 2.19. The number of amides is 1. The van der Waals surface area contributed by atoms with Crippen LogP contribution in [0.25, 0.3) is 0 Å². The van der Waals surface area contributed by atoms with Crippen LogP contribution in [0.5, 0.6) is 5.75 Å². The zero-order valence-electron chi connectivity index (χ0n) is 13.5. The third-order valence-corrected chi connectivity index (χ3v) is 3.52. The van der Waals surface area contributed by atoms with Crippen LogP contribution in [0.2, 0.25) is 0 Å². The van der Waals surface area contributed by atoms with E-state index in [9.17, 15) is 18.0 Å². The SMILES string of the molecule is CC(Oc1ccccc1C(F)(F)F)C(=O)N(C)Cc1nccn1C. The van der Waals surface area contributed by atoms with E-state index in [0.29, 0.717) is 5.82 Å². The van der Waals surface area contributed by atoms with E-state index in [2.05, 4.69) is 4.98 Å². The van der Waals surface area contributed by atoms with E-state index < -0.39 is 23.8 Å². The lowest BCUT2D eigenvalue weighted by Gasteiger charge is -2.23. The number of rotatable bonds is 5. The molecule has 1 aromatic carbocycles. The normalized spacial score (nSPS) is 12.8. The van der Waals surface area contributed by atoms with Gasteiger partial charge >= 0.3 is 6.18 Å². The molecule has 1 heterocycles. The molecule has 0 saturated heterocycles. The smallest absolute Gasteiger partial charge is 0.419 e. The zero-order chi connectivity index (χ0) is 17.9. The quantitative estimate of drug-likeness (QED) is 0.840. The molecule has 0 bridgehead atoms. The first-order valence-electron chi connectivity index (χ1n) is 7.24. The van der Waals surface area contributed by atoms with E-state index in [0.717, 1.165) is 6.07 Å². The molecule has 2 rings (SSSR count). The number of halogens is 3. The third kappa shape index (κ3) is 4.06. The van der Waals surface area contributed by atoms with Gasteiger partial charge in [0.15, 0.2) is 6.10 Å². The molecule has 0 aliphatic heterocycles. The highest BCUT2D eigenvalue weighted by molar-refractivity contribution is 5.80. The summed E-state index contributed by atoms with van der Waals surface area (Å²) in [5, 5.41) is 0. The lowest BCUT2D eigenvalue weighted by atomic mass is 10.2. The number of carbonyl (C=O) groups is 1. The van der Waals surface area contributed by atoms with Gasteiger partial charge in [0.05, 0.1) is 12.1 Å². The summed E-state index contributed by atoms with van der Waals surface area (Å²) in [5.74, 6) is -0.139. The van der Waals surface area contributed by atoms with Crippen LogP contribution in [0.15, 0.2) is 36.7 Å². The minimum absolute atomic E-state index is 0.233. The molecule has 0 fully saturated rings. The van der Waals surface area contributed by atoms with E-state index in [4.69, 9.17) is 4.74 Å². The van der Waals surface area contributed by atoms with E-state index in [1.807, 2.05) is 0 Å². The third-order valence-electron chi connectivity index (χ3n) is 3.52. The minimum atomic E-state index is -4.54. The molecule has 0 aliphatic rings. The highest BCUT2D eigenvalue weighted by Crippen LogP contribution is 2.36. The second kappa shape index (κ2) is 6.94. The topological polar surface area (TPSA) is 47.4 Å². The number of nitrogens with zero attached hydrogens (tertiary/aromatic N) is 3. The van der Waals surface area contributed by atoms with Gasteiger partial charge in [-0.15, -0.1) is 0 Å². The van der Waals surface area contributed by atoms with E-state index in [1.54, 1.807) is 31.1 Å². The molecule has 130 valence electrons. The first-order chi connectivity index (χ1) is 11.2. The number of para-hydroxylation sites is 1. The number of carbonyl (C=O) groups excluding carboxylic acids is 1. The number of hydrogen-bond acceptors (Lipinski definition) is 3. The van der Waals surface area contributed by atoms with Crippen molar-refractivity contribution in [1.82, 2.24) is 14.5 Å². The average Bonchev–Trinajstić information content (AvgIpc) is 2.91. The maximum Gasteiger partial charge on any atom is 0.419 e. The number of alkyl halides is 3. The number of imidazole rings is 1. The van der Waals surface area contributed by atoms with Crippen LogP contribution in [0.3, 0.4) is 0 Å². The van der Waals surface area contributed by atoms with Gasteiger partial charge in [-0.2, -0.15) is 13.2 Å². The van der Waals surface area contributed by atoms with Gasteiger partial charge < -0.3 is 14.2 Å². The molecule has 0 N–H and O–H groups in total. The Morgan fingerprint density at radius 1 is 1.38 bits per heavy atom. The Morgan fingerprint density at radius 3 is 2.62 bits per heavy atom. The number of likely N-dealkylation sites (N-methyl/N-ethyl adjacent to an activating group) is 1. The Hall–Kier alpha value is -2.51. The minimum Gasteiger partial charge on any atom is -0.480 e. The second-order valence-corrected chi connectivity index (χ2v) is 5.40. The van der Waals surface area contributed by atoms with Gasteiger partial charge in [0.25, 0.3) is 5.91 Å². The van der Waals surface area contributed by atoms with Gasteiger partial charge in [-0.1, -0.05) is 12.1 Å². The Bertz CT molecular complexity index is 713. The molecule has 1 aromatic heterocycles. The Labute approximate surface area is 137 Å². The van der Waals surface area contributed by atoms with Crippen molar-refractivity contribution in [2.45, 2.75) is 25.7 Å². The van der Waals surface area contributed by atoms with Crippen molar-refractivity contribution < 1.29 is 22.7 Å². The summed E-state index contributed by atoms with van der Waals surface area (Å²) < 4.78 is 45.9. The highest BCUT2D eigenvalue weighted by atomic mass is 19.4. The molecule has 0 radical (unpaired) electrons. The molecule has 5 nitrogen and oxygen atoms in total. The summed E-state index contributed by atoms with van der Waals surface area (Å²) in [5.41, 5.74) is -0.906. The molecule has 1 amide bonds. The molecular weight excluding hydrogens is 323 g/mol. The molecule has 2 aromatic rings. The number of hydrogen-bond donors (Lipinski definition) is 0. The van der Waals surface area contributed by atoms with Crippen molar-refractivity contribution in [2.24, 2.45) is 7.05 Å². The Morgan fingerprint density at radius 2 is 2.04 bits per heavy atom. The lowest BCUT2D eigenvalue weighted by molar-refractivity contribution is -0.143. The molecule has 1 unspecified atom stereocenters.